The van der Waals surface area contributed by atoms with Crippen molar-refractivity contribution in [3.63, 3.8) is 0 Å². The second-order valence-corrected chi connectivity index (χ2v) is 11.1. The van der Waals surface area contributed by atoms with Gasteiger partial charge in [0.2, 0.25) is 0 Å². The Morgan fingerprint density at radius 1 is 0.927 bits per heavy atom. The minimum atomic E-state index is -1.55. The Kier molecular flexibility index (Phi) is 7.78. The zero-order valence-electron chi connectivity index (χ0n) is 23.8. The number of alkyl halides is 1. The number of piperidine rings is 1. The molecule has 0 spiro atoms. The number of anilines is 1. The lowest BCUT2D eigenvalue weighted by atomic mass is 9.85. The minimum absolute atomic E-state index is 0.169. The van der Waals surface area contributed by atoms with E-state index in [1.807, 2.05) is 26.0 Å². The van der Waals surface area contributed by atoms with Gasteiger partial charge < -0.3 is 20.4 Å². The fourth-order valence-corrected chi connectivity index (χ4v) is 5.77. The summed E-state index contributed by atoms with van der Waals surface area (Å²) in [4.78, 5) is 37.2. The smallest absolute Gasteiger partial charge is 0.254 e. The molecular formula is C32H35FN6O2. The largest absolute Gasteiger partial charge is 0.366 e. The Hall–Kier alpha value is -4.29. The lowest BCUT2D eigenvalue weighted by Crippen LogP contribution is -2.44. The normalized spacial score (nSPS) is 17.2. The predicted octanol–water partition coefficient (Wildman–Crippen LogP) is 4.19. The summed E-state index contributed by atoms with van der Waals surface area (Å²) in [6.07, 6.45) is 0.339. The summed E-state index contributed by atoms with van der Waals surface area (Å²) in [7, 11) is 2.09. The molecule has 2 amide bonds. The third kappa shape index (κ3) is 5.66. The molecule has 2 N–H and O–H groups in total. The second-order valence-electron chi connectivity index (χ2n) is 11.1. The zero-order valence-corrected chi connectivity index (χ0v) is 23.8. The van der Waals surface area contributed by atoms with E-state index >= 15 is 4.39 Å². The molecule has 8 nitrogen and oxygen atoms in total. The van der Waals surface area contributed by atoms with Gasteiger partial charge in [0.05, 0.1) is 22.9 Å². The molecule has 0 unspecified atom stereocenters. The minimum Gasteiger partial charge on any atom is -0.366 e. The fraction of sp³-hybridized carbons (Fsp3) is 0.375. The first kappa shape index (κ1) is 28.2. The van der Waals surface area contributed by atoms with Crippen molar-refractivity contribution < 1.29 is 14.0 Å². The average molecular weight is 555 g/mol. The van der Waals surface area contributed by atoms with E-state index in [4.69, 9.17) is 16.0 Å². The Balaban J connectivity index is 1.42. The van der Waals surface area contributed by atoms with Gasteiger partial charge in [-0.3, -0.25) is 9.59 Å². The van der Waals surface area contributed by atoms with Gasteiger partial charge in [-0.2, -0.15) is 5.26 Å². The van der Waals surface area contributed by atoms with Crippen LogP contribution in [0.3, 0.4) is 0 Å². The SMILES string of the molecule is Cc1cc(C)c(-c2nc(N3CCN(C)CC3)ccc2C(N)=O)cc1C(=O)N1CCC(F)(c2ccc(C#N)cc2)CC1. The topological polar surface area (TPSA) is 107 Å². The Morgan fingerprint density at radius 2 is 1.59 bits per heavy atom. The quantitative estimate of drug-likeness (QED) is 0.507. The molecule has 0 saturated carbocycles. The van der Waals surface area contributed by atoms with Gasteiger partial charge in [-0.05, 0) is 67.9 Å². The number of likely N-dealkylation sites (tertiary alicyclic amines) is 1. The van der Waals surface area contributed by atoms with Crippen LogP contribution in [0, 0.1) is 25.2 Å². The molecule has 0 bridgehead atoms. The summed E-state index contributed by atoms with van der Waals surface area (Å²) in [5, 5.41) is 9.04. The summed E-state index contributed by atoms with van der Waals surface area (Å²) in [6, 6.07) is 15.9. The number of benzene rings is 2. The molecule has 3 heterocycles. The number of amides is 2. The molecule has 5 rings (SSSR count). The number of pyridine rings is 1. The number of nitrogens with two attached hydrogens (primary N) is 1. The Morgan fingerprint density at radius 3 is 2.20 bits per heavy atom. The average Bonchev–Trinajstić information content (AvgIpc) is 2.97. The number of likely N-dealkylation sites (N-methyl/N-ethyl adjacent to an activating group) is 1. The molecule has 2 fully saturated rings. The molecule has 3 aromatic rings. The second kappa shape index (κ2) is 11.3. The summed E-state index contributed by atoms with van der Waals surface area (Å²) in [6.45, 7) is 7.82. The summed E-state index contributed by atoms with van der Waals surface area (Å²) < 4.78 is 15.9. The van der Waals surface area contributed by atoms with Gasteiger partial charge in [0.1, 0.15) is 11.5 Å². The lowest BCUT2D eigenvalue weighted by molar-refractivity contribution is 0.0421. The molecule has 2 aliphatic rings. The summed E-state index contributed by atoms with van der Waals surface area (Å²) in [5.74, 6) is 0.00828. The number of nitrogens with zero attached hydrogens (tertiary/aromatic N) is 5. The Bertz CT molecular complexity index is 1510. The van der Waals surface area contributed by atoms with Gasteiger partial charge >= 0.3 is 0 Å². The number of aryl methyl sites for hydroxylation is 2. The molecule has 41 heavy (non-hydrogen) atoms. The maximum Gasteiger partial charge on any atom is 0.254 e. The van der Waals surface area contributed by atoms with Gasteiger partial charge in [0.15, 0.2) is 0 Å². The van der Waals surface area contributed by atoms with Crippen molar-refractivity contribution in [1.29, 1.82) is 5.26 Å². The molecule has 1 aromatic heterocycles. The number of rotatable bonds is 5. The first-order chi connectivity index (χ1) is 19.6. The van der Waals surface area contributed by atoms with Crippen LogP contribution in [0.25, 0.3) is 11.3 Å². The number of aromatic nitrogens is 1. The molecule has 2 aromatic carbocycles. The van der Waals surface area contributed by atoms with Crippen LogP contribution in [0.5, 0.6) is 0 Å². The third-order valence-corrected chi connectivity index (χ3v) is 8.40. The standard InChI is InChI=1S/C32H35FN6O2/c1-21-18-22(2)27(31(41)39-12-10-32(33,11-13-39)24-6-4-23(20-34)5-7-24)19-26(21)29-25(30(35)40)8-9-28(36-29)38-16-14-37(3)15-17-38/h4-9,18-19H,10-17H2,1-3H3,(H2,35,40). The lowest BCUT2D eigenvalue weighted by Gasteiger charge is -2.37. The monoisotopic (exact) mass is 554 g/mol. The van der Waals surface area contributed by atoms with Crippen molar-refractivity contribution in [3.05, 3.63) is 81.9 Å². The number of carbonyl (C=O) groups excluding carboxylic acids is 2. The molecule has 0 atom stereocenters. The van der Waals surface area contributed by atoms with Crippen molar-refractivity contribution in [2.24, 2.45) is 5.73 Å². The highest BCUT2D eigenvalue weighted by Gasteiger charge is 2.38. The summed E-state index contributed by atoms with van der Waals surface area (Å²) in [5.41, 5.74) is 8.84. The molecule has 2 saturated heterocycles. The number of hydrogen-bond donors (Lipinski definition) is 1. The molecule has 9 heteroatoms. The van der Waals surface area contributed by atoms with E-state index < -0.39 is 11.6 Å². The van der Waals surface area contributed by atoms with E-state index in [9.17, 15) is 9.59 Å². The Labute approximate surface area is 240 Å². The van der Waals surface area contributed by atoms with Gasteiger partial charge in [-0.1, -0.05) is 18.2 Å². The summed E-state index contributed by atoms with van der Waals surface area (Å²) >= 11 is 0. The number of nitriles is 1. The molecule has 0 radical (unpaired) electrons. The van der Waals surface area contributed by atoms with E-state index in [2.05, 4.69) is 22.9 Å². The van der Waals surface area contributed by atoms with Crippen molar-refractivity contribution in [2.75, 3.05) is 51.2 Å². The van der Waals surface area contributed by atoms with Crippen LogP contribution in [0.4, 0.5) is 10.2 Å². The highest BCUT2D eigenvalue weighted by Crippen LogP contribution is 2.38. The van der Waals surface area contributed by atoms with Crippen molar-refractivity contribution in [2.45, 2.75) is 32.4 Å². The van der Waals surface area contributed by atoms with Gasteiger partial charge in [0, 0.05) is 63.2 Å². The van der Waals surface area contributed by atoms with Crippen molar-refractivity contribution >= 4 is 17.6 Å². The van der Waals surface area contributed by atoms with E-state index in [0.717, 1.165) is 43.1 Å². The van der Waals surface area contributed by atoms with E-state index in [1.165, 1.54) is 0 Å². The maximum absolute atomic E-state index is 15.9. The highest BCUT2D eigenvalue weighted by molar-refractivity contribution is 6.01. The van der Waals surface area contributed by atoms with Crippen LogP contribution in [0.1, 0.15) is 55.8 Å². The highest BCUT2D eigenvalue weighted by atomic mass is 19.1. The number of halogens is 1. The van der Waals surface area contributed by atoms with Gasteiger partial charge in [-0.15, -0.1) is 0 Å². The predicted molar refractivity (Wildman–Crippen MR) is 156 cm³/mol. The van der Waals surface area contributed by atoms with Crippen LogP contribution in [0.15, 0.2) is 48.5 Å². The first-order valence-electron chi connectivity index (χ1n) is 13.9. The van der Waals surface area contributed by atoms with Crippen LogP contribution in [-0.4, -0.2) is 72.9 Å². The van der Waals surface area contributed by atoms with Crippen LogP contribution < -0.4 is 10.6 Å². The van der Waals surface area contributed by atoms with E-state index in [0.29, 0.717) is 33.5 Å². The molecule has 0 aliphatic carbocycles. The maximum atomic E-state index is 15.9. The van der Waals surface area contributed by atoms with Gasteiger partial charge in [0.25, 0.3) is 11.8 Å². The zero-order chi connectivity index (χ0) is 29.3. The molecule has 2 aliphatic heterocycles. The first-order valence-corrected chi connectivity index (χ1v) is 13.9. The van der Waals surface area contributed by atoms with Crippen LogP contribution >= 0.6 is 0 Å². The fourth-order valence-electron chi connectivity index (χ4n) is 5.77. The van der Waals surface area contributed by atoms with Gasteiger partial charge in [-0.25, -0.2) is 9.37 Å². The van der Waals surface area contributed by atoms with Crippen LogP contribution in [0.2, 0.25) is 0 Å². The number of primary amides is 1. The molecular weight excluding hydrogens is 519 g/mol. The number of hydrogen-bond acceptors (Lipinski definition) is 6. The van der Waals surface area contributed by atoms with E-state index in [1.54, 1.807) is 41.3 Å². The van der Waals surface area contributed by atoms with E-state index in [-0.39, 0.29) is 31.8 Å². The number of piperazine rings is 1. The molecule has 212 valence electrons. The van der Waals surface area contributed by atoms with Crippen molar-refractivity contribution in [3.8, 4) is 17.3 Å². The van der Waals surface area contributed by atoms with Crippen LogP contribution in [-0.2, 0) is 5.67 Å². The van der Waals surface area contributed by atoms with Crippen molar-refractivity contribution in [1.82, 2.24) is 14.8 Å². The third-order valence-electron chi connectivity index (χ3n) is 8.40. The number of carbonyl (C=O) groups is 2.